The van der Waals surface area contributed by atoms with E-state index in [-0.39, 0.29) is 24.0 Å². The van der Waals surface area contributed by atoms with E-state index in [9.17, 15) is 9.90 Å². The van der Waals surface area contributed by atoms with E-state index in [4.69, 9.17) is 4.74 Å². The third-order valence-corrected chi connectivity index (χ3v) is 8.99. The minimum atomic E-state index is -0.373. The number of amides is 1. The Kier molecular flexibility index (Phi) is 7.44. The number of hydrogen-bond acceptors (Lipinski definition) is 9. The van der Waals surface area contributed by atoms with E-state index in [0.717, 1.165) is 71.5 Å². The summed E-state index contributed by atoms with van der Waals surface area (Å²) in [6.45, 7) is 1.12. The standard InChI is InChI=1S/C27H30N6O3S2/c1-33-14-18(12-29-25(33)15-36-23-4-2-3-22(23)34)16-5-6-21-24(11-16)38-27(30-21)31-26(35)17-9-20(10-17)28-13-19-7-8-37-32-19/h5-8,11-12,14,17,20,22-23,28,34H,2-4,9-10,13,15H2,1H3/p+1/t17?,20?,22-,23-/m0/s1. The molecule has 2 fully saturated rings. The molecule has 11 heteroatoms. The summed E-state index contributed by atoms with van der Waals surface area (Å²) in [5.41, 5.74) is 3.94. The highest BCUT2D eigenvalue weighted by Gasteiger charge is 2.34. The highest BCUT2D eigenvalue weighted by Crippen LogP contribution is 2.33. The SMILES string of the molecule is C[n+]1cc(-c2ccc3nc(NC(=O)C4CC(NCc5ccsn5)C4)sc3c2)cnc1CO[C@H]1CCC[C@@H]1O. The number of thiazole rings is 1. The molecule has 2 aliphatic rings. The molecule has 198 valence electrons. The zero-order valence-electron chi connectivity index (χ0n) is 21.2. The van der Waals surface area contributed by atoms with Gasteiger partial charge in [-0.25, -0.2) is 9.55 Å². The molecule has 2 atom stereocenters. The molecular weight excluding hydrogens is 520 g/mol. The van der Waals surface area contributed by atoms with Crippen molar-refractivity contribution < 1.29 is 19.2 Å². The molecule has 3 heterocycles. The number of carbonyl (C=O) groups excluding carboxylic acids is 1. The topological polar surface area (TPSA) is 113 Å². The number of aliphatic hydroxyl groups is 1. The van der Waals surface area contributed by atoms with Crippen LogP contribution in [0.4, 0.5) is 5.13 Å². The second-order valence-corrected chi connectivity index (χ2v) is 11.8. The first-order valence-electron chi connectivity index (χ1n) is 13.0. The number of anilines is 1. The van der Waals surface area contributed by atoms with Crippen LogP contribution in [0.15, 0.2) is 42.0 Å². The number of fused-ring (bicyclic) bond motifs is 1. The van der Waals surface area contributed by atoms with Crippen molar-refractivity contribution in [3.63, 3.8) is 0 Å². The Bertz CT molecular complexity index is 1420. The van der Waals surface area contributed by atoms with E-state index in [1.807, 2.05) is 47.6 Å². The summed E-state index contributed by atoms with van der Waals surface area (Å²) < 4.78 is 13.2. The van der Waals surface area contributed by atoms with E-state index in [1.54, 1.807) is 0 Å². The Morgan fingerprint density at radius 3 is 2.89 bits per heavy atom. The molecule has 3 N–H and O–H groups in total. The minimum absolute atomic E-state index is 0.0102. The first-order chi connectivity index (χ1) is 18.5. The molecule has 0 aliphatic heterocycles. The molecule has 4 aromatic rings. The molecule has 0 bridgehead atoms. The average molecular weight is 552 g/mol. The van der Waals surface area contributed by atoms with Gasteiger partial charge >= 0.3 is 5.82 Å². The smallest absolute Gasteiger partial charge is 0.323 e. The Balaban J connectivity index is 1.05. The summed E-state index contributed by atoms with van der Waals surface area (Å²) in [5.74, 6) is 0.861. The molecule has 2 saturated carbocycles. The van der Waals surface area contributed by atoms with Gasteiger partial charge in [0.25, 0.3) is 0 Å². The van der Waals surface area contributed by atoms with Crippen molar-refractivity contribution in [2.24, 2.45) is 13.0 Å². The second-order valence-electron chi connectivity index (χ2n) is 10.1. The maximum absolute atomic E-state index is 12.7. The van der Waals surface area contributed by atoms with Crippen LogP contribution >= 0.6 is 22.9 Å². The fraction of sp³-hybridized carbons (Fsp3) is 0.444. The lowest BCUT2D eigenvalue weighted by Crippen LogP contribution is -2.45. The van der Waals surface area contributed by atoms with Crippen molar-refractivity contribution in [3.8, 4) is 11.1 Å². The van der Waals surface area contributed by atoms with Crippen LogP contribution in [0.2, 0.25) is 0 Å². The largest absolute Gasteiger partial charge is 0.390 e. The summed E-state index contributed by atoms with van der Waals surface area (Å²) in [7, 11) is 1.96. The molecule has 9 nitrogen and oxygen atoms in total. The van der Waals surface area contributed by atoms with Crippen LogP contribution in [-0.2, 0) is 29.7 Å². The van der Waals surface area contributed by atoms with E-state index in [1.165, 1.54) is 22.9 Å². The van der Waals surface area contributed by atoms with Crippen molar-refractivity contribution >= 4 is 44.1 Å². The second kappa shape index (κ2) is 11.1. The summed E-state index contributed by atoms with van der Waals surface area (Å²) in [4.78, 5) is 22.0. The summed E-state index contributed by atoms with van der Waals surface area (Å²) >= 11 is 2.94. The van der Waals surface area contributed by atoms with Crippen molar-refractivity contribution in [2.75, 3.05) is 5.32 Å². The van der Waals surface area contributed by atoms with E-state index >= 15 is 0 Å². The molecule has 0 saturated heterocycles. The van der Waals surface area contributed by atoms with Gasteiger partial charge in [0.05, 0.1) is 40.7 Å². The zero-order chi connectivity index (χ0) is 26.1. The van der Waals surface area contributed by atoms with E-state index in [2.05, 4.69) is 31.0 Å². The Morgan fingerprint density at radius 2 is 2.13 bits per heavy atom. The van der Waals surface area contributed by atoms with Gasteiger partial charge < -0.3 is 20.5 Å². The van der Waals surface area contributed by atoms with Gasteiger partial charge in [-0.05, 0) is 67.4 Å². The monoisotopic (exact) mass is 551 g/mol. The van der Waals surface area contributed by atoms with Crippen molar-refractivity contribution in [2.45, 2.75) is 63.5 Å². The molecule has 2 aliphatic carbocycles. The van der Waals surface area contributed by atoms with Gasteiger partial charge in [-0.3, -0.25) is 4.79 Å². The number of benzene rings is 1. The zero-order valence-corrected chi connectivity index (χ0v) is 22.8. The summed E-state index contributed by atoms with van der Waals surface area (Å²) in [5, 5.41) is 19.1. The predicted octanol–water partition coefficient (Wildman–Crippen LogP) is 3.58. The fourth-order valence-corrected chi connectivity index (χ4v) is 6.51. The Morgan fingerprint density at radius 1 is 1.24 bits per heavy atom. The van der Waals surface area contributed by atoms with Crippen LogP contribution in [0.3, 0.4) is 0 Å². The molecule has 3 aromatic heterocycles. The number of aryl methyl sites for hydroxylation is 1. The third-order valence-electron chi connectivity index (χ3n) is 7.46. The van der Waals surface area contributed by atoms with Crippen LogP contribution in [-0.4, -0.2) is 43.6 Å². The van der Waals surface area contributed by atoms with Crippen LogP contribution < -0.4 is 15.2 Å². The lowest BCUT2D eigenvalue weighted by atomic mass is 9.79. The molecule has 0 spiro atoms. The minimum Gasteiger partial charge on any atom is -0.390 e. The van der Waals surface area contributed by atoms with Gasteiger partial charge in [0.2, 0.25) is 5.91 Å². The summed E-state index contributed by atoms with van der Waals surface area (Å²) in [6, 6.07) is 8.47. The molecule has 38 heavy (non-hydrogen) atoms. The normalized spacial score (nSPS) is 23.0. The molecule has 0 unspecified atom stereocenters. The number of hydrogen-bond donors (Lipinski definition) is 3. The predicted molar refractivity (Wildman–Crippen MR) is 147 cm³/mol. The first kappa shape index (κ1) is 25.4. The number of nitrogens with zero attached hydrogens (tertiary/aromatic N) is 4. The summed E-state index contributed by atoms with van der Waals surface area (Å²) in [6.07, 6.45) is 7.78. The molecule has 6 rings (SSSR count). The van der Waals surface area contributed by atoms with E-state index in [0.29, 0.717) is 17.8 Å². The van der Waals surface area contributed by atoms with Crippen LogP contribution in [0.1, 0.15) is 43.6 Å². The van der Waals surface area contributed by atoms with Gasteiger partial charge in [0.1, 0.15) is 6.20 Å². The van der Waals surface area contributed by atoms with Crippen molar-refractivity contribution in [1.29, 1.82) is 0 Å². The lowest BCUT2D eigenvalue weighted by molar-refractivity contribution is -0.684. The maximum atomic E-state index is 12.7. The van der Waals surface area contributed by atoms with Crippen LogP contribution in [0, 0.1) is 5.92 Å². The Labute approximate surface area is 229 Å². The highest BCUT2D eigenvalue weighted by molar-refractivity contribution is 7.22. The van der Waals surface area contributed by atoms with Gasteiger partial charge in [0, 0.05) is 23.9 Å². The molecule has 1 aromatic carbocycles. The van der Waals surface area contributed by atoms with Crippen LogP contribution in [0.5, 0.6) is 0 Å². The lowest BCUT2D eigenvalue weighted by Gasteiger charge is -2.34. The van der Waals surface area contributed by atoms with Crippen molar-refractivity contribution in [1.82, 2.24) is 19.7 Å². The molecular formula is C27H31N6O3S2+. The number of rotatable bonds is 9. The first-order valence-corrected chi connectivity index (χ1v) is 14.7. The number of aromatic nitrogens is 4. The number of aliphatic hydroxyl groups excluding tert-OH is 1. The number of nitrogens with one attached hydrogen (secondary N) is 2. The molecule has 0 radical (unpaired) electrons. The van der Waals surface area contributed by atoms with Crippen molar-refractivity contribution in [3.05, 3.63) is 53.6 Å². The molecule has 1 amide bonds. The fourth-order valence-electron chi connectivity index (χ4n) is 5.06. The third kappa shape index (κ3) is 5.62. The number of ether oxygens (including phenoxy) is 1. The Hall–Kier alpha value is -2.83. The van der Waals surface area contributed by atoms with Crippen LogP contribution in [0.25, 0.3) is 21.3 Å². The van der Waals surface area contributed by atoms with Gasteiger partial charge in [-0.2, -0.15) is 4.37 Å². The quantitative estimate of drug-likeness (QED) is 0.273. The number of carbonyl (C=O) groups is 1. The van der Waals surface area contributed by atoms with Gasteiger partial charge in [0.15, 0.2) is 17.9 Å². The van der Waals surface area contributed by atoms with Gasteiger partial charge in [-0.15, -0.1) is 0 Å². The van der Waals surface area contributed by atoms with Gasteiger partial charge in [-0.1, -0.05) is 22.4 Å². The maximum Gasteiger partial charge on any atom is 0.323 e. The van der Waals surface area contributed by atoms with E-state index < -0.39 is 0 Å². The average Bonchev–Trinajstić information content (AvgIpc) is 3.63. The highest BCUT2D eigenvalue weighted by atomic mass is 32.1.